The van der Waals surface area contributed by atoms with E-state index in [-0.39, 0.29) is 0 Å². The smallest absolute Gasteiger partial charge is 0.144 e. The van der Waals surface area contributed by atoms with E-state index in [0.717, 1.165) is 17.0 Å². The number of rotatable bonds is 5. The third kappa shape index (κ3) is 3.73. The molecule has 0 bridgehead atoms. The summed E-state index contributed by atoms with van der Waals surface area (Å²) in [7, 11) is 0. The minimum atomic E-state index is 0.649. The SMILES string of the molecule is CCOc1ccccc1N=Cc1ccc(N2CCCC2)cc1C. The second-order valence-electron chi connectivity index (χ2n) is 5.89. The summed E-state index contributed by atoms with van der Waals surface area (Å²) in [4.78, 5) is 7.08. The summed E-state index contributed by atoms with van der Waals surface area (Å²) in [5.41, 5.74) is 4.61. The summed E-state index contributed by atoms with van der Waals surface area (Å²) in [6.07, 6.45) is 4.54. The molecule has 0 radical (unpaired) electrons. The number of benzene rings is 2. The minimum Gasteiger partial charge on any atom is -0.492 e. The molecule has 1 fully saturated rings. The second-order valence-corrected chi connectivity index (χ2v) is 5.89. The van der Waals surface area contributed by atoms with E-state index >= 15 is 0 Å². The molecule has 2 aromatic rings. The highest BCUT2D eigenvalue weighted by Crippen LogP contribution is 2.27. The van der Waals surface area contributed by atoms with Gasteiger partial charge in [0.25, 0.3) is 0 Å². The van der Waals surface area contributed by atoms with Crippen LogP contribution in [0, 0.1) is 6.92 Å². The van der Waals surface area contributed by atoms with Gasteiger partial charge in [-0.1, -0.05) is 18.2 Å². The quantitative estimate of drug-likeness (QED) is 0.745. The van der Waals surface area contributed by atoms with Crippen molar-refractivity contribution in [2.75, 3.05) is 24.6 Å². The molecule has 1 saturated heterocycles. The van der Waals surface area contributed by atoms with Crippen LogP contribution < -0.4 is 9.64 Å². The number of aryl methyl sites for hydroxylation is 1. The van der Waals surface area contributed by atoms with E-state index in [1.54, 1.807) is 0 Å². The number of aliphatic imine (C=N–C) groups is 1. The Hall–Kier alpha value is -2.29. The molecule has 3 heteroatoms. The summed E-state index contributed by atoms with van der Waals surface area (Å²) in [5, 5.41) is 0. The van der Waals surface area contributed by atoms with Gasteiger partial charge in [-0.25, -0.2) is 0 Å². The number of nitrogens with zero attached hydrogens (tertiary/aromatic N) is 2. The first-order valence-electron chi connectivity index (χ1n) is 8.39. The van der Waals surface area contributed by atoms with Gasteiger partial charge in [-0.2, -0.15) is 0 Å². The Labute approximate surface area is 138 Å². The fourth-order valence-electron chi connectivity index (χ4n) is 2.96. The Kier molecular flexibility index (Phi) is 4.96. The van der Waals surface area contributed by atoms with Crippen molar-refractivity contribution >= 4 is 17.6 Å². The maximum Gasteiger partial charge on any atom is 0.144 e. The zero-order valence-corrected chi connectivity index (χ0v) is 14.0. The lowest BCUT2D eigenvalue weighted by Gasteiger charge is -2.18. The van der Waals surface area contributed by atoms with Gasteiger partial charge in [-0.3, -0.25) is 4.99 Å². The molecule has 3 nitrogen and oxygen atoms in total. The fourth-order valence-corrected chi connectivity index (χ4v) is 2.96. The third-order valence-corrected chi connectivity index (χ3v) is 4.23. The van der Waals surface area contributed by atoms with Crippen molar-refractivity contribution in [3.8, 4) is 5.75 Å². The largest absolute Gasteiger partial charge is 0.492 e. The number of para-hydroxylation sites is 2. The van der Waals surface area contributed by atoms with E-state index in [0.29, 0.717) is 6.61 Å². The van der Waals surface area contributed by atoms with Crippen LogP contribution in [-0.2, 0) is 0 Å². The van der Waals surface area contributed by atoms with Crippen LogP contribution in [0.4, 0.5) is 11.4 Å². The zero-order valence-electron chi connectivity index (χ0n) is 14.0. The van der Waals surface area contributed by atoms with Crippen molar-refractivity contribution in [2.45, 2.75) is 26.7 Å². The molecule has 23 heavy (non-hydrogen) atoms. The maximum absolute atomic E-state index is 5.62. The summed E-state index contributed by atoms with van der Waals surface area (Å²) < 4.78 is 5.62. The average Bonchev–Trinajstić information content (AvgIpc) is 3.10. The summed E-state index contributed by atoms with van der Waals surface area (Å²) in [5.74, 6) is 0.831. The Morgan fingerprint density at radius 2 is 1.91 bits per heavy atom. The second kappa shape index (κ2) is 7.32. The van der Waals surface area contributed by atoms with Crippen LogP contribution in [-0.4, -0.2) is 25.9 Å². The minimum absolute atomic E-state index is 0.649. The lowest BCUT2D eigenvalue weighted by molar-refractivity contribution is 0.341. The van der Waals surface area contributed by atoms with Crippen molar-refractivity contribution in [2.24, 2.45) is 4.99 Å². The predicted molar refractivity (Wildman–Crippen MR) is 97.5 cm³/mol. The molecule has 0 aliphatic carbocycles. The first-order valence-corrected chi connectivity index (χ1v) is 8.39. The van der Waals surface area contributed by atoms with E-state index in [9.17, 15) is 0 Å². The van der Waals surface area contributed by atoms with Gasteiger partial charge in [0.05, 0.1) is 6.61 Å². The molecule has 0 unspecified atom stereocenters. The molecular weight excluding hydrogens is 284 g/mol. The van der Waals surface area contributed by atoms with Gasteiger partial charge >= 0.3 is 0 Å². The molecule has 0 saturated carbocycles. The molecule has 1 aliphatic heterocycles. The number of ether oxygens (including phenoxy) is 1. The summed E-state index contributed by atoms with van der Waals surface area (Å²) in [6.45, 7) is 7.14. The van der Waals surface area contributed by atoms with Gasteiger partial charge in [-0.05, 0) is 62.1 Å². The van der Waals surface area contributed by atoms with Crippen LogP contribution in [0.25, 0.3) is 0 Å². The summed E-state index contributed by atoms with van der Waals surface area (Å²) in [6, 6.07) is 14.5. The standard InChI is InChI=1S/C20H24N2O/c1-3-23-20-9-5-4-8-19(20)21-15-17-10-11-18(14-16(17)2)22-12-6-7-13-22/h4-5,8-11,14-15H,3,6-7,12-13H2,1-2H3. The number of anilines is 1. The van der Waals surface area contributed by atoms with Crippen molar-refractivity contribution in [3.05, 3.63) is 53.6 Å². The van der Waals surface area contributed by atoms with E-state index < -0.39 is 0 Å². The molecule has 0 aromatic heterocycles. The van der Waals surface area contributed by atoms with Crippen molar-refractivity contribution in [1.82, 2.24) is 0 Å². The van der Waals surface area contributed by atoms with Crippen LogP contribution >= 0.6 is 0 Å². The highest BCUT2D eigenvalue weighted by atomic mass is 16.5. The van der Waals surface area contributed by atoms with Gasteiger partial charge < -0.3 is 9.64 Å². The van der Waals surface area contributed by atoms with Crippen molar-refractivity contribution in [1.29, 1.82) is 0 Å². The number of hydrogen-bond donors (Lipinski definition) is 0. The molecule has 1 aliphatic rings. The molecule has 2 aromatic carbocycles. The van der Waals surface area contributed by atoms with Gasteiger partial charge in [0.1, 0.15) is 11.4 Å². The highest BCUT2D eigenvalue weighted by Gasteiger charge is 2.12. The van der Waals surface area contributed by atoms with Crippen molar-refractivity contribution < 1.29 is 4.74 Å². The Morgan fingerprint density at radius 1 is 1.13 bits per heavy atom. The molecule has 3 rings (SSSR count). The topological polar surface area (TPSA) is 24.8 Å². The van der Waals surface area contributed by atoms with Crippen molar-refractivity contribution in [3.63, 3.8) is 0 Å². The van der Waals surface area contributed by atoms with Gasteiger partial charge in [0.15, 0.2) is 0 Å². The monoisotopic (exact) mass is 308 g/mol. The van der Waals surface area contributed by atoms with E-state index in [4.69, 9.17) is 4.74 Å². The molecule has 120 valence electrons. The third-order valence-electron chi connectivity index (χ3n) is 4.23. The number of hydrogen-bond acceptors (Lipinski definition) is 3. The average molecular weight is 308 g/mol. The van der Waals surface area contributed by atoms with Gasteiger partial charge in [0, 0.05) is 25.0 Å². The van der Waals surface area contributed by atoms with Gasteiger partial charge in [0.2, 0.25) is 0 Å². The normalized spacial score (nSPS) is 14.6. The summed E-state index contributed by atoms with van der Waals surface area (Å²) >= 11 is 0. The van der Waals surface area contributed by atoms with E-state index in [1.807, 2.05) is 37.4 Å². The lowest BCUT2D eigenvalue weighted by atomic mass is 10.1. The first-order chi connectivity index (χ1) is 11.3. The van der Waals surface area contributed by atoms with E-state index in [1.165, 1.54) is 37.2 Å². The molecule has 0 N–H and O–H groups in total. The van der Waals surface area contributed by atoms with E-state index in [2.05, 4.69) is 35.0 Å². The molecule has 1 heterocycles. The van der Waals surface area contributed by atoms with Crippen LogP contribution in [0.1, 0.15) is 30.9 Å². The highest BCUT2D eigenvalue weighted by molar-refractivity contribution is 5.85. The molecular formula is C20H24N2O. The van der Waals surface area contributed by atoms with Crippen LogP contribution in [0.5, 0.6) is 5.75 Å². The Bertz CT molecular complexity index is 688. The Balaban J connectivity index is 1.80. The fraction of sp³-hybridized carbons (Fsp3) is 0.350. The maximum atomic E-state index is 5.62. The van der Waals surface area contributed by atoms with Crippen LogP contribution in [0.2, 0.25) is 0 Å². The molecule has 0 spiro atoms. The van der Waals surface area contributed by atoms with Gasteiger partial charge in [-0.15, -0.1) is 0 Å². The molecule has 0 amide bonds. The lowest BCUT2D eigenvalue weighted by Crippen LogP contribution is -2.17. The Morgan fingerprint density at radius 3 is 2.65 bits per heavy atom. The van der Waals surface area contributed by atoms with Crippen LogP contribution in [0.15, 0.2) is 47.5 Å². The first kappa shape index (κ1) is 15.6. The predicted octanol–water partition coefficient (Wildman–Crippen LogP) is 4.74. The zero-order chi connectivity index (χ0) is 16.1. The molecule has 0 atom stereocenters. The van der Waals surface area contributed by atoms with Crippen LogP contribution in [0.3, 0.4) is 0 Å².